The second kappa shape index (κ2) is 3.32. The van der Waals surface area contributed by atoms with Crippen LogP contribution in [0.4, 0.5) is 5.95 Å². The van der Waals surface area contributed by atoms with Gasteiger partial charge in [0.25, 0.3) is 0 Å². The molecule has 3 nitrogen and oxygen atoms in total. The lowest BCUT2D eigenvalue weighted by atomic mass is 10.4. The fourth-order valence-corrected chi connectivity index (χ4v) is 0.725. The molecule has 0 unspecified atom stereocenters. The zero-order valence-electron chi connectivity index (χ0n) is 7.13. The lowest BCUT2D eigenvalue weighted by Gasteiger charge is -2.06. The molecule has 0 saturated heterocycles. The summed E-state index contributed by atoms with van der Waals surface area (Å²) in [6.07, 6.45) is 3.61. The molecule has 1 N–H and O–H groups in total. The van der Waals surface area contributed by atoms with Crippen LogP contribution in [0.5, 0.6) is 0 Å². The van der Waals surface area contributed by atoms with Gasteiger partial charge < -0.3 is 5.32 Å². The zero-order valence-corrected chi connectivity index (χ0v) is 7.13. The van der Waals surface area contributed by atoms with Crippen LogP contribution in [0.1, 0.15) is 19.4 Å². The molecular formula is C8H13N3. The Balaban J connectivity index is 2.66. The average molecular weight is 151 g/mol. The van der Waals surface area contributed by atoms with Crippen molar-refractivity contribution < 1.29 is 0 Å². The highest BCUT2D eigenvalue weighted by Crippen LogP contribution is 1.99. The lowest BCUT2D eigenvalue weighted by molar-refractivity contribution is 0.872. The molecule has 1 heterocycles. The minimum Gasteiger partial charge on any atom is -0.352 e. The summed E-state index contributed by atoms with van der Waals surface area (Å²) in [5.74, 6) is 0.700. The molecule has 0 aromatic carbocycles. The molecule has 0 aliphatic heterocycles. The van der Waals surface area contributed by atoms with Gasteiger partial charge >= 0.3 is 0 Å². The number of anilines is 1. The van der Waals surface area contributed by atoms with Gasteiger partial charge in [-0.25, -0.2) is 9.97 Å². The first-order valence-corrected chi connectivity index (χ1v) is 3.73. The molecule has 0 radical (unpaired) electrons. The van der Waals surface area contributed by atoms with Crippen LogP contribution in [0.25, 0.3) is 0 Å². The minimum absolute atomic E-state index is 0.387. The van der Waals surface area contributed by atoms with E-state index in [0.29, 0.717) is 12.0 Å². The smallest absolute Gasteiger partial charge is 0.222 e. The van der Waals surface area contributed by atoms with Gasteiger partial charge in [-0.1, -0.05) is 0 Å². The Morgan fingerprint density at radius 1 is 1.27 bits per heavy atom. The Bertz CT molecular complexity index is 215. The molecule has 1 rings (SSSR count). The van der Waals surface area contributed by atoms with Gasteiger partial charge in [0.05, 0.1) is 0 Å². The van der Waals surface area contributed by atoms with Crippen molar-refractivity contribution in [2.75, 3.05) is 5.32 Å². The number of hydrogen-bond donors (Lipinski definition) is 1. The van der Waals surface area contributed by atoms with Gasteiger partial charge in [-0.15, -0.1) is 0 Å². The number of nitrogens with zero attached hydrogens (tertiary/aromatic N) is 2. The molecule has 0 saturated carbocycles. The first-order chi connectivity index (χ1) is 5.18. The van der Waals surface area contributed by atoms with Crippen LogP contribution in [0, 0.1) is 6.92 Å². The highest BCUT2D eigenvalue weighted by Gasteiger charge is 1.95. The summed E-state index contributed by atoms with van der Waals surface area (Å²) in [5.41, 5.74) is 1.08. The summed E-state index contributed by atoms with van der Waals surface area (Å²) in [6, 6.07) is 0.387. The molecule has 11 heavy (non-hydrogen) atoms. The van der Waals surface area contributed by atoms with Gasteiger partial charge in [0.1, 0.15) is 0 Å². The van der Waals surface area contributed by atoms with Crippen LogP contribution in [-0.2, 0) is 0 Å². The maximum absolute atomic E-state index is 4.10. The summed E-state index contributed by atoms with van der Waals surface area (Å²) in [6.45, 7) is 6.09. The molecule has 0 spiro atoms. The number of hydrogen-bond acceptors (Lipinski definition) is 3. The van der Waals surface area contributed by atoms with Gasteiger partial charge in [0.15, 0.2) is 0 Å². The first-order valence-electron chi connectivity index (χ1n) is 3.73. The van der Waals surface area contributed by atoms with Gasteiger partial charge in [0.2, 0.25) is 5.95 Å². The standard InChI is InChI=1S/C8H13N3/c1-6(2)11-8-9-4-7(3)5-10-8/h4-6H,1-3H3,(H,9,10,11). The topological polar surface area (TPSA) is 37.8 Å². The van der Waals surface area contributed by atoms with Gasteiger partial charge in [-0.3, -0.25) is 0 Å². The molecule has 60 valence electrons. The highest BCUT2D eigenvalue weighted by molar-refractivity contribution is 5.24. The quantitative estimate of drug-likeness (QED) is 0.697. The van der Waals surface area contributed by atoms with Crippen molar-refractivity contribution in [2.45, 2.75) is 26.8 Å². The number of nitrogens with one attached hydrogen (secondary N) is 1. The molecule has 0 bridgehead atoms. The van der Waals surface area contributed by atoms with E-state index in [4.69, 9.17) is 0 Å². The fourth-order valence-electron chi connectivity index (χ4n) is 0.725. The van der Waals surface area contributed by atoms with Crippen LogP contribution in [0.3, 0.4) is 0 Å². The maximum Gasteiger partial charge on any atom is 0.222 e. The largest absolute Gasteiger partial charge is 0.352 e. The molecule has 3 heteroatoms. The molecule has 0 aliphatic carbocycles. The van der Waals surface area contributed by atoms with Crippen molar-refractivity contribution in [1.82, 2.24) is 9.97 Å². The Labute approximate surface area is 66.9 Å². The predicted molar refractivity (Wildman–Crippen MR) is 45.5 cm³/mol. The fraction of sp³-hybridized carbons (Fsp3) is 0.500. The highest BCUT2D eigenvalue weighted by atomic mass is 15.1. The third kappa shape index (κ3) is 2.53. The van der Waals surface area contributed by atoms with E-state index in [2.05, 4.69) is 29.1 Å². The normalized spacial score (nSPS) is 10.2. The average Bonchev–Trinajstić information content (AvgIpc) is 1.93. The Hall–Kier alpha value is -1.12. The Morgan fingerprint density at radius 3 is 2.27 bits per heavy atom. The summed E-state index contributed by atoms with van der Waals surface area (Å²) < 4.78 is 0. The summed E-state index contributed by atoms with van der Waals surface area (Å²) in [4.78, 5) is 8.19. The van der Waals surface area contributed by atoms with Crippen molar-refractivity contribution in [2.24, 2.45) is 0 Å². The van der Waals surface area contributed by atoms with Crippen LogP contribution >= 0.6 is 0 Å². The SMILES string of the molecule is Cc1cnc(NC(C)C)nc1. The molecule has 1 aromatic rings. The third-order valence-corrected chi connectivity index (χ3v) is 1.20. The maximum atomic E-state index is 4.10. The van der Waals surface area contributed by atoms with Crippen LogP contribution in [0.2, 0.25) is 0 Å². The number of aryl methyl sites for hydroxylation is 1. The van der Waals surface area contributed by atoms with Gasteiger partial charge in [-0.05, 0) is 26.3 Å². The molecule has 1 aromatic heterocycles. The van der Waals surface area contributed by atoms with Gasteiger partial charge in [0, 0.05) is 18.4 Å². The summed E-state index contributed by atoms with van der Waals surface area (Å²) >= 11 is 0. The van der Waals surface area contributed by atoms with E-state index in [1.807, 2.05) is 6.92 Å². The van der Waals surface area contributed by atoms with Crippen LogP contribution < -0.4 is 5.32 Å². The monoisotopic (exact) mass is 151 g/mol. The predicted octanol–water partition coefficient (Wildman–Crippen LogP) is 1.61. The van der Waals surface area contributed by atoms with Crippen molar-refractivity contribution >= 4 is 5.95 Å². The van der Waals surface area contributed by atoms with E-state index in [1.54, 1.807) is 12.4 Å². The van der Waals surface area contributed by atoms with Crippen molar-refractivity contribution in [3.63, 3.8) is 0 Å². The van der Waals surface area contributed by atoms with Crippen molar-refractivity contribution in [3.05, 3.63) is 18.0 Å². The summed E-state index contributed by atoms with van der Waals surface area (Å²) in [5, 5.41) is 3.11. The van der Waals surface area contributed by atoms with E-state index in [1.165, 1.54) is 0 Å². The van der Waals surface area contributed by atoms with Crippen molar-refractivity contribution in [3.8, 4) is 0 Å². The number of aromatic nitrogens is 2. The first kappa shape index (κ1) is 7.98. The van der Waals surface area contributed by atoms with E-state index in [0.717, 1.165) is 5.56 Å². The lowest BCUT2D eigenvalue weighted by Crippen LogP contribution is -2.12. The second-order valence-corrected chi connectivity index (χ2v) is 2.88. The molecular weight excluding hydrogens is 138 g/mol. The number of rotatable bonds is 2. The third-order valence-electron chi connectivity index (χ3n) is 1.20. The molecule has 0 fully saturated rings. The molecule has 0 aliphatic rings. The Kier molecular flexibility index (Phi) is 2.41. The summed E-state index contributed by atoms with van der Waals surface area (Å²) in [7, 11) is 0. The zero-order chi connectivity index (χ0) is 8.27. The van der Waals surface area contributed by atoms with Crippen LogP contribution in [-0.4, -0.2) is 16.0 Å². The van der Waals surface area contributed by atoms with Crippen LogP contribution in [0.15, 0.2) is 12.4 Å². The minimum atomic E-state index is 0.387. The molecule has 0 amide bonds. The van der Waals surface area contributed by atoms with E-state index in [9.17, 15) is 0 Å². The van der Waals surface area contributed by atoms with E-state index in [-0.39, 0.29) is 0 Å². The second-order valence-electron chi connectivity index (χ2n) is 2.88. The Morgan fingerprint density at radius 2 is 1.82 bits per heavy atom. The van der Waals surface area contributed by atoms with Gasteiger partial charge in [-0.2, -0.15) is 0 Å². The van der Waals surface area contributed by atoms with E-state index >= 15 is 0 Å². The van der Waals surface area contributed by atoms with Crippen molar-refractivity contribution in [1.29, 1.82) is 0 Å². The molecule has 0 atom stereocenters. The van der Waals surface area contributed by atoms with E-state index < -0.39 is 0 Å².